The lowest BCUT2D eigenvalue weighted by atomic mass is 9.93. The molecular weight excluding hydrogens is 192 g/mol. The van der Waals surface area contributed by atoms with Crippen molar-refractivity contribution in [2.45, 2.75) is 38.8 Å². The van der Waals surface area contributed by atoms with Gasteiger partial charge in [-0.1, -0.05) is 13.8 Å². The van der Waals surface area contributed by atoms with Gasteiger partial charge in [0, 0.05) is 18.3 Å². The maximum absolute atomic E-state index is 11.8. The minimum absolute atomic E-state index is 0.103. The lowest BCUT2D eigenvalue weighted by Gasteiger charge is -2.24. The van der Waals surface area contributed by atoms with Gasteiger partial charge in [0.1, 0.15) is 0 Å². The molecule has 1 heterocycles. The standard InChI is InChI=1S/C10H18N4O/c1-3-10(11,4-2)9(15)12-5-8-6-13-14-7-8/h6-7H,3-5,11H2,1-2H3,(H,12,15)(H,13,14). The Labute approximate surface area is 89.4 Å². The number of hydrogen-bond donors (Lipinski definition) is 3. The number of rotatable bonds is 5. The number of nitrogens with two attached hydrogens (primary N) is 1. The van der Waals surface area contributed by atoms with Gasteiger partial charge in [0.25, 0.3) is 0 Å². The lowest BCUT2D eigenvalue weighted by molar-refractivity contribution is -0.126. The highest BCUT2D eigenvalue weighted by atomic mass is 16.2. The second-order valence-corrected chi connectivity index (χ2v) is 3.65. The predicted octanol–water partition coefficient (Wildman–Crippen LogP) is 0.543. The molecule has 0 radical (unpaired) electrons. The molecule has 5 heteroatoms. The van der Waals surface area contributed by atoms with Gasteiger partial charge in [0.05, 0.1) is 11.7 Å². The summed E-state index contributed by atoms with van der Waals surface area (Å²) in [5.74, 6) is -0.103. The first-order chi connectivity index (χ1) is 7.12. The highest BCUT2D eigenvalue weighted by Gasteiger charge is 2.29. The zero-order valence-corrected chi connectivity index (χ0v) is 9.21. The summed E-state index contributed by atoms with van der Waals surface area (Å²) in [6.45, 7) is 4.30. The van der Waals surface area contributed by atoms with Crippen LogP contribution in [0.15, 0.2) is 12.4 Å². The van der Waals surface area contributed by atoms with Crippen molar-refractivity contribution in [3.8, 4) is 0 Å². The highest BCUT2D eigenvalue weighted by molar-refractivity contribution is 5.85. The van der Waals surface area contributed by atoms with Gasteiger partial charge in [0.15, 0.2) is 0 Å². The molecule has 1 rings (SSSR count). The molecule has 0 unspecified atom stereocenters. The summed E-state index contributed by atoms with van der Waals surface area (Å²) in [6, 6.07) is 0. The molecule has 0 aliphatic heterocycles. The van der Waals surface area contributed by atoms with E-state index in [4.69, 9.17) is 5.73 Å². The van der Waals surface area contributed by atoms with Crippen LogP contribution in [-0.4, -0.2) is 21.6 Å². The van der Waals surface area contributed by atoms with Crippen molar-refractivity contribution in [1.82, 2.24) is 15.5 Å². The van der Waals surface area contributed by atoms with Crippen LogP contribution in [0.1, 0.15) is 32.3 Å². The number of nitrogens with zero attached hydrogens (tertiary/aromatic N) is 1. The maximum Gasteiger partial charge on any atom is 0.240 e. The van der Waals surface area contributed by atoms with Gasteiger partial charge in [-0.3, -0.25) is 9.89 Å². The Balaban J connectivity index is 2.48. The topological polar surface area (TPSA) is 83.8 Å². The van der Waals surface area contributed by atoms with E-state index in [1.807, 2.05) is 13.8 Å². The van der Waals surface area contributed by atoms with Gasteiger partial charge in [-0.05, 0) is 12.8 Å². The van der Waals surface area contributed by atoms with Crippen LogP contribution in [-0.2, 0) is 11.3 Å². The van der Waals surface area contributed by atoms with E-state index in [1.165, 1.54) is 0 Å². The average Bonchev–Trinajstić information content (AvgIpc) is 2.77. The van der Waals surface area contributed by atoms with Gasteiger partial charge in [-0.2, -0.15) is 5.10 Å². The highest BCUT2D eigenvalue weighted by Crippen LogP contribution is 2.11. The van der Waals surface area contributed by atoms with Crippen molar-refractivity contribution in [3.05, 3.63) is 18.0 Å². The molecule has 0 atom stereocenters. The molecule has 1 aromatic rings. The molecule has 5 nitrogen and oxygen atoms in total. The summed E-state index contributed by atoms with van der Waals surface area (Å²) >= 11 is 0. The van der Waals surface area contributed by atoms with Crippen molar-refractivity contribution in [2.75, 3.05) is 0 Å². The third kappa shape index (κ3) is 2.79. The van der Waals surface area contributed by atoms with E-state index in [2.05, 4.69) is 15.5 Å². The van der Waals surface area contributed by atoms with Crippen LogP contribution >= 0.6 is 0 Å². The number of amides is 1. The van der Waals surface area contributed by atoms with Crippen molar-refractivity contribution in [2.24, 2.45) is 5.73 Å². The zero-order valence-electron chi connectivity index (χ0n) is 9.21. The van der Waals surface area contributed by atoms with E-state index in [0.29, 0.717) is 19.4 Å². The number of hydrogen-bond acceptors (Lipinski definition) is 3. The van der Waals surface area contributed by atoms with E-state index < -0.39 is 5.54 Å². The largest absolute Gasteiger partial charge is 0.350 e. The summed E-state index contributed by atoms with van der Waals surface area (Å²) in [5, 5.41) is 9.29. The van der Waals surface area contributed by atoms with E-state index >= 15 is 0 Å². The Morgan fingerprint density at radius 3 is 2.73 bits per heavy atom. The third-order valence-electron chi connectivity index (χ3n) is 2.72. The number of aromatic amines is 1. The number of aromatic nitrogens is 2. The van der Waals surface area contributed by atoms with E-state index in [1.54, 1.807) is 12.4 Å². The molecule has 1 aromatic heterocycles. The fourth-order valence-corrected chi connectivity index (χ4v) is 1.30. The second-order valence-electron chi connectivity index (χ2n) is 3.65. The monoisotopic (exact) mass is 210 g/mol. The van der Waals surface area contributed by atoms with Gasteiger partial charge in [-0.25, -0.2) is 0 Å². The van der Waals surface area contributed by atoms with E-state index in [9.17, 15) is 4.79 Å². The van der Waals surface area contributed by atoms with Crippen LogP contribution in [0.5, 0.6) is 0 Å². The summed E-state index contributed by atoms with van der Waals surface area (Å²) in [6.07, 6.45) is 4.70. The molecule has 1 amide bonds. The number of H-pyrrole nitrogens is 1. The minimum Gasteiger partial charge on any atom is -0.350 e. The average molecular weight is 210 g/mol. The Bertz CT molecular complexity index is 303. The van der Waals surface area contributed by atoms with Gasteiger partial charge >= 0.3 is 0 Å². The Kier molecular flexibility index (Phi) is 3.85. The van der Waals surface area contributed by atoms with Crippen LogP contribution in [0.4, 0.5) is 0 Å². The predicted molar refractivity (Wildman–Crippen MR) is 57.9 cm³/mol. The Hall–Kier alpha value is -1.36. The fourth-order valence-electron chi connectivity index (χ4n) is 1.30. The SMILES string of the molecule is CCC(N)(CC)C(=O)NCc1cn[nH]c1. The first kappa shape index (κ1) is 11.7. The molecule has 4 N–H and O–H groups in total. The van der Waals surface area contributed by atoms with Crippen LogP contribution in [0.25, 0.3) is 0 Å². The Morgan fingerprint density at radius 1 is 1.60 bits per heavy atom. The maximum atomic E-state index is 11.8. The molecule has 0 saturated carbocycles. The molecule has 0 aliphatic carbocycles. The van der Waals surface area contributed by atoms with Crippen molar-refractivity contribution >= 4 is 5.91 Å². The quantitative estimate of drug-likeness (QED) is 0.663. The Morgan fingerprint density at radius 2 is 2.27 bits per heavy atom. The summed E-state index contributed by atoms with van der Waals surface area (Å²) in [7, 11) is 0. The summed E-state index contributed by atoms with van der Waals surface area (Å²) in [5.41, 5.74) is 6.14. The number of nitrogens with one attached hydrogen (secondary N) is 2. The first-order valence-electron chi connectivity index (χ1n) is 5.17. The molecule has 0 saturated heterocycles. The van der Waals surface area contributed by atoms with Gasteiger partial charge in [0.2, 0.25) is 5.91 Å². The van der Waals surface area contributed by atoms with E-state index in [-0.39, 0.29) is 5.91 Å². The van der Waals surface area contributed by atoms with Crippen LogP contribution in [0.3, 0.4) is 0 Å². The fraction of sp³-hybridized carbons (Fsp3) is 0.600. The first-order valence-corrected chi connectivity index (χ1v) is 5.17. The molecular formula is C10H18N4O. The van der Waals surface area contributed by atoms with Gasteiger partial charge < -0.3 is 11.1 Å². The van der Waals surface area contributed by atoms with Crippen molar-refractivity contribution < 1.29 is 4.79 Å². The lowest BCUT2D eigenvalue weighted by Crippen LogP contribution is -2.52. The molecule has 0 aliphatic rings. The second kappa shape index (κ2) is 4.93. The zero-order chi connectivity index (χ0) is 11.3. The molecule has 0 aromatic carbocycles. The minimum atomic E-state index is -0.746. The summed E-state index contributed by atoms with van der Waals surface area (Å²) < 4.78 is 0. The smallest absolute Gasteiger partial charge is 0.240 e. The van der Waals surface area contributed by atoms with Gasteiger partial charge in [-0.15, -0.1) is 0 Å². The van der Waals surface area contributed by atoms with E-state index in [0.717, 1.165) is 5.56 Å². The molecule has 0 spiro atoms. The number of carbonyl (C=O) groups is 1. The van der Waals surface area contributed by atoms with Crippen molar-refractivity contribution in [1.29, 1.82) is 0 Å². The van der Waals surface area contributed by atoms with Crippen LogP contribution in [0.2, 0.25) is 0 Å². The third-order valence-corrected chi connectivity index (χ3v) is 2.72. The molecule has 15 heavy (non-hydrogen) atoms. The summed E-state index contributed by atoms with van der Waals surface area (Å²) in [4.78, 5) is 11.8. The molecule has 0 fully saturated rings. The molecule has 84 valence electrons. The van der Waals surface area contributed by atoms with Crippen LogP contribution in [0, 0.1) is 0 Å². The van der Waals surface area contributed by atoms with Crippen LogP contribution < -0.4 is 11.1 Å². The van der Waals surface area contributed by atoms with Crippen molar-refractivity contribution in [3.63, 3.8) is 0 Å². The normalized spacial score (nSPS) is 11.4. The molecule has 0 bridgehead atoms. The number of carbonyl (C=O) groups excluding carboxylic acids is 1.